The Bertz CT molecular complexity index is 1110. The van der Waals surface area contributed by atoms with Crippen LogP contribution in [-0.2, 0) is 17.6 Å². The number of aliphatic hydroxyl groups excluding tert-OH is 1. The molecule has 32 heavy (non-hydrogen) atoms. The van der Waals surface area contributed by atoms with Crippen molar-refractivity contribution in [2.75, 3.05) is 19.0 Å². The Morgan fingerprint density at radius 2 is 1.72 bits per heavy atom. The maximum Gasteiger partial charge on any atom is 0.330 e. The quantitative estimate of drug-likeness (QED) is 0.494. The summed E-state index contributed by atoms with van der Waals surface area (Å²) < 4.78 is 25.0. The van der Waals surface area contributed by atoms with Gasteiger partial charge in [-0.15, -0.1) is 0 Å². The maximum absolute atomic E-state index is 13.9. The fourth-order valence-electron chi connectivity index (χ4n) is 4.06. The normalized spacial score (nSPS) is 15.0. The number of carboxylic acid groups (broad SMARTS) is 1. The summed E-state index contributed by atoms with van der Waals surface area (Å²) in [7, 11) is 1.48. The highest BCUT2D eigenvalue weighted by Crippen LogP contribution is 2.36. The van der Waals surface area contributed by atoms with Crippen molar-refractivity contribution in [1.82, 2.24) is 0 Å². The van der Waals surface area contributed by atoms with Crippen molar-refractivity contribution in [2.45, 2.75) is 24.5 Å². The number of aliphatic hydroxyl groups is 1. The van der Waals surface area contributed by atoms with Crippen molar-refractivity contribution in [3.05, 3.63) is 89.2 Å². The number of aliphatic carboxylic acids is 1. The molecule has 0 spiro atoms. The van der Waals surface area contributed by atoms with Gasteiger partial charge in [-0.2, -0.15) is 0 Å². The number of carbonyl (C=O) groups is 1. The van der Waals surface area contributed by atoms with E-state index in [1.54, 1.807) is 30.3 Å². The third-order valence-corrected chi connectivity index (χ3v) is 5.72. The van der Waals surface area contributed by atoms with Gasteiger partial charge in [-0.1, -0.05) is 42.5 Å². The van der Waals surface area contributed by atoms with Gasteiger partial charge in [-0.25, -0.2) is 9.18 Å². The second-order valence-electron chi connectivity index (χ2n) is 7.85. The zero-order valence-corrected chi connectivity index (χ0v) is 17.5. The van der Waals surface area contributed by atoms with E-state index in [1.165, 1.54) is 19.2 Å². The maximum atomic E-state index is 13.9. The molecule has 0 saturated heterocycles. The summed E-state index contributed by atoms with van der Waals surface area (Å²) in [4.78, 5) is 12.2. The van der Waals surface area contributed by atoms with Gasteiger partial charge in [0.1, 0.15) is 24.1 Å². The number of methoxy groups -OCH3 is 1. The van der Waals surface area contributed by atoms with Crippen molar-refractivity contribution in [3.8, 4) is 11.5 Å². The fourth-order valence-corrected chi connectivity index (χ4v) is 4.06. The molecule has 4 rings (SSSR count). The Morgan fingerprint density at radius 3 is 2.34 bits per heavy atom. The summed E-state index contributed by atoms with van der Waals surface area (Å²) >= 11 is 0. The molecule has 6 nitrogen and oxygen atoms in total. The van der Waals surface area contributed by atoms with Crippen molar-refractivity contribution in [3.63, 3.8) is 0 Å². The van der Waals surface area contributed by atoms with Gasteiger partial charge in [0.2, 0.25) is 0 Å². The number of hydrogen-bond acceptors (Lipinski definition) is 5. The minimum atomic E-state index is -1.18. The van der Waals surface area contributed by atoms with Crippen LogP contribution in [0.25, 0.3) is 0 Å². The number of hydrogen-bond donors (Lipinski definition) is 3. The fraction of sp³-hybridized carbons (Fsp3) is 0.240. The van der Waals surface area contributed by atoms with Gasteiger partial charge in [-0.05, 0) is 29.3 Å². The van der Waals surface area contributed by atoms with Gasteiger partial charge in [0.25, 0.3) is 0 Å². The zero-order valence-electron chi connectivity index (χ0n) is 17.5. The van der Waals surface area contributed by atoms with Crippen LogP contribution in [-0.4, -0.2) is 35.4 Å². The lowest BCUT2D eigenvalue weighted by Crippen LogP contribution is -2.47. The van der Waals surface area contributed by atoms with Crippen LogP contribution in [0.2, 0.25) is 0 Å². The number of ether oxygens (including phenoxy) is 2. The molecule has 0 saturated carbocycles. The average Bonchev–Trinajstić information content (AvgIpc) is 3.17. The highest BCUT2D eigenvalue weighted by atomic mass is 19.1. The molecule has 1 aliphatic rings. The average molecular weight is 437 g/mol. The predicted molar refractivity (Wildman–Crippen MR) is 118 cm³/mol. The van der Waals surface area contributed by atoms with Gasteiger partial charge in [0.05, 0.1) is 7.11 Å². The number of carboxylic acids is 1. The van der Waals surface area contributed by atoms with Crippen LogP contribution >= 0.6 is 0 Å². The van der Waals surface area contributed by atoms with Crippen molar-refractivity contribution in [1.29, 1.82) is 0 Å². The number of fused-ring (bicyclic) bond motifs is 1. The first-order valence-electron chi connectivity index (χ1n) is 10.2. The molecular weight excluding hydrogens is 413 g/mol. The summed E-state index contributed by atoms with van der Waals surface area (Å²) in [5, 5.41) is 23.5. The third kappa shape index (κ3) is 4.24. The Labute approximate surface area is 185 Å². The van der Waals surface area contributed by atoms with E-state index in [0.29, 0.717) is 30.0 Å². The van der Waals surface area contributed by atoms with Crippen LogP contribution in [0.5, 0.6) is 11.5 Å². The Hall–Kier alpha value is -3.58. The minimum absolute atomic E-state index is 0.134. The largest absolute Gasteiger partial charge is 0.493 e. The van der Waals surface area contributed by atoms with E-state index in [4.69, 9.17) is 9.47 Å². The number of anilines is 1. The first kappa shape index (κ1) is 21.6. The molecule has 0 heterocycles. The molecule has 0 bridgehead atoms. The lowest BCUT2D eigenvalue weighted by atomic mass is 9.95. The second kappa shape index (κ2) is 8.88. The highest BCUT2D eigenvalue weighted by Gasteiger charge is 2.44. The summed E-state index contributed by atoms with van der Waals surface area (Å²) in [5.41, 5.74) is 1.49. The van der Waals surface area contributed by atoms with E-state index in [9.17, 15) is 19.4 Å². The molecule has 1 atom stereocenters. The van der Waals surface area contributed by atoms with E-state index >= 15 is 0 Å². The van der Waals surface area contributed by atoms with Crippen LogP contribution in [0.1, 0.15) is 22.8 Å². The molecule has 0 aliphatic heterocycles. The molecule has 3 N–H and O–H groups in total. The smallest absolute Gasteiger partial charge is 0.330 e. The SMILES string of the molecule is COc1ccc(NC2(C(=O)O)Cc3ccccc3C2)cc1OCC(O)c1ccccc1F. The van der Waals surface area contributed by atoms with Crippen molar-refractivity contribution < 1.29 is 28.9 Å². The van der Waals surface area contributed by atoms with E-state index < -0.39 is 23.4 Å². The molecule has 166 valence electrons. The first-order valence-corrected chi connectivity index (χ1v) is 10.2. The van der Waals surface area contributed by atoms with E-state index in [-0.39, 0.29) is 12.2 Å². The number of rotatable bonds is 8. The Balaban J connectivity index is 1.54. The summed E-state index contributed by atoms with van der Waals surface area (Å²) in [6.07, 6.45) is -0.466. The molecule has 1 unspecified atom stereocenters. The molecule has 3 aromatic rings. The Kier molecular flexibility index (Phi) is 6.01. The van der Waals surface area contributed by atoms with Crippen molar-refractivity contribution in [2.24, 2.45) is 0 Å². The van der Waals surface area contributed by atoms with Gasteiger partial charge >= 0.3 is 5.97 Å². The number of benzene rings is 3. The van der Waals surface area contributed by atoms with E-state index in [1.807, 2.05) is 24.3 Å². The lowest BCUT2D eigenvalue weighted by molar-refractivity contribution is -0.142. The summed E-state index contributed by atoms with van der Waals surface area (Å²) in [6.45, 7) is -0.198. The lowest BCUT2D eigenvalue weighted by Gasteiger charge is -2.27. The summed E-state index contributed by atoms with van der Waals surface area (Å²) in [5.74, 6) is -0.739. The van der Waals surface area contributed by atoms with Gasteiger partial charge < -0.3 is 25.0 Å². The number of nitrogens with one attached hydrogen (secondary N) is 1. The summed E-state index contributed by atoms with van der Waals surface area (Å²) in [6, 6.07) is 18.6. The van der Waals surface area contributed by atoms with Gasteiger partial charge in [0, 0.05) is 30.2 Å². The topological polar surface area (TPSA) is 88.0 Å². The standard InChI is InChI=1S/C25H24FNO5/c1-31-22-11-10-18(12-23(22)32-15-21(28)19-8-4-5-9-20(19)26)27-25(24(29)30)13-16-6-2-3-7-17(16)14-25/h2-12,21,27-28H,13-15H2,1H3,(H,29,30). The van der Waals surface area contributed by atoms with Crippen LogP contribution in [0.4, 0.5) is 10.1 Å². The third-order valence-electron chi connectivity index (χ3n) is 5.72. The molecule has 7 heteroatoms. The monoisotopic (exact) mass is 437 g/mol. The van der Waals surface area contributed by atoms with Crippen LogP contribution in [0.3, 0.4) is 0 Å². The molecular formula is C25H24FNO5. The number of halogens is 1. The van der Waals surface area contributed by atoms with Gasteiger partial charge in [-0.3, -0.25) is 0 Å². The molecule has 1 aliphatic carbocycles. The van der Waals surface area contributed by atoms with Crippen LogP contribution < -0.4 is 14.8 Å². The molecule has 0 amide bonds. The van der Waals surface area contributed by atoms with Gasteiger partial charge in [0.15, 0.2) is 11.5 Å². The Morgan fingerprint density at radius 1 is 1.06 bits per heavy atom. The van der Waals surface area contributed by atoms with Crippen LogP contribution in [0.15, 0.2) is 66.7 Å². The van der Waals surface area contributed by atoms with Crippen LogP contribution in [0, 0.1) is 5.82 Å². The highest BCUT2D eigenvalue weighted by molar-refractivity contribution is 5.85. The molecule has 3 aromatic carbocycles. The second-order valence-corrected chi connectivity index (χ2v) is 7.85. The van der Waals surface area contributed by atoms with E-state index in [2.05, 4.69) is 5.32 Å². The zero-order chi connectivity index (χ0) is 22.7. The molecule has 0 radical (unpaired) electrons. The predicted octanol–water partition coefficient (Wildman–Crippen LogP) is 3.98. The minimum Gasteiger partial charge on any atom is -0.493 e. The van der Waals surface area contributed by atoms with E-state index in [0.717, 1.165) is 11.1 Å². The molecule has 0 aromatic heterocycles. The van der Waals surface area contributed by atoms with Crippen molar-refractivity contribution >= 4 is 11.7 Å². The molecule has 0 fully saturated rings. The first-order chi connectivity index (χ1) is 15.4.